The molecule has 3 nitrogen and oxygen atoms in total. The van der Waals surface area contributed by atoms with E-state index < -0.39 is 18.4 Å². The Morgan fingerprint density at radius 1 is 1.40 bits per heavy atom. The van der Waals surface area contributed by atoms with Gasteiger partial charge in [-0.05, 0) is 19.6 Å². The first-order chi connectivity index (χ1) is 4.27. The fourth-order valence-corrected chi connectivity index (χ4v) is 3.18. The van der Waals surface area contributed by atoms with Crippen LogP contribution in [0.4, 0.5) is 0 Å². The average molecular weight is 178 g/mol. The van der Waals surface area contributed by atoms with Gasteiger partial charge in [0.25, 0.3) is 0 Å². The summed E-state index contributed by atoms with van der Waals surface area (Å²) in [6, 6.07) is 0. The van der Waals surface area contributed by atoms with E-state index in [9.17, 15) is 8.42 Å². The van der Waals surface area contributed by atoms with Crippen molar-refractivity contribution in [3.05, 3.63) is 0 Å². The molecule has 0 saturated carbocycles. The molecule has 0 aromatic heterocycles. The largest absolute Gasteiger partial charge is 0.327 e. The van der Waals surface area contributed by atoms with Crippen molar-refractivity contribution < 1.29 is 12.3 Å². The Labute approximate surface area is 62.7 Å². The van der Waals surface area contributed by atoms with Gasteiger partial charge in [0.1, 0.15) is 0 Å². The van der Waals surface area contributed by atoms with Gasteiger partial charge < -0.3 is 3.87 Å². The van der Waals surface area contributed by atoms with E-state index >= 15 is 0 Å². The minimum atomic E-state index is -3.69. The summed E-state index contributed by atoms with van der Waals surface area (Å²) in [6.45, 7) is 5.26. The van der Waals surface area contributed by atoms with E-state index in [-0.39, 0.29) is 0 Å². The second kappa shape index (κ2) is 2.74. The molecule has 58 valence electrons. The Morgan fingerprint density at radius 2 is 1.80 bits per heavy atom. The van der Waals surface area contributed by atoms with E-state index in [1.807, 2.05) is 0 Å². The maximum absolute atomic E-state index is 10.6. The van der Waals surface area contributed by atoms with E-state index in [1.54, 1.807) is 24.9 Å². The fraction of sp³-hybridized carbons (Fsp3) is 0.600. The molecular formula is C5H10O3SSi. The molecule has 0 aliphatic carbocycles. The highest BCUT2D eigenvalue weighted by Gasteiger charge is 2.22. The summed E-state index contributed by atoms with van der Waals surface area (Å²) >= 11 is 0. The van der Waals surface area contributed by atoms with Gasteiger partial charge in [-0.15, -0.1) is 6.42 Å². The van der Waals surface area contributed by atoms with Crippen LogP contribution in [0.15, 0.2) is 0 Å². The van der Waals surface area contributed by atoms with Crippen molar-refractivity contribution in [2.24, 2.45) is 0 Å². The van der Waals surface area contributed by atoms with Gasteiger partial charge in [0.05, 0.1) is 5.25 Å². The van der Waals surface area contributed by atoms with Crippen molar-refractivity contribution in [2.45, 2.75) is 19.6 Å². The van der Waals surface area contributed by atoms with Gasteiger partial charge in [0.2, 0.25) is 8.32 Å². The molecule has 0 aromatic rings. The maximum atomic E-state index is 10.6. The number of rotatable bonds is 2. The highest BCUT2D eigenvalue weighted by Crippen LogP contribution is 2.06. The molecule has 5 heteroatoms. The number of terminal acetylenes is 1. The Morgan fingerprint density at radius 3 is 1.90 bits per heavy atom. The third kappa shape index (κ3) is 4.55. The summed E-state index contributed by atoms with van der Waals surface area (Å²) in [7, 11) is -5.73. The van der Waals surface area contributed by atoms with Gasteiger partial charge in [-0.3, -0.25) is 0 Å². The van der Waals surface area contributed by atoms with Crippen molar-refractivity contribution in [2.75, 3.05) is 0 Å². The topological polar surface area (TPSA) is 43.4 Å². The van der Waals surface area contributed by atoms with Gasteiger partial charge in [0, 0.05) is 0 Å². The van der Waals surface area contributed by atoms with Crippen LogP contribution in [-0.4, -0.2) is 16.7 Å². The minimum absolute atomic E-state index is 1.58. The molecule has 0 heterocycles. The molecule has 0 N–H and O–H groups in total. The van der Waals surface area contributed by atoms with Crippen LogP contribution in [0.1, 0.15) is 0 Å². The molecule has 0 rings (SSSR count). The Hall–Kier alpha value is -0.313. The zero-order valence-corrected chi connectivity index (χ0v) is 8.03. The van der Waals surface area contributed by atoms with Gasteiger partial charge >= 0.3 is 10.1 Å². The van der Waals surface area contributed by atoms with E-state index in [0.29, 0.717) is 0 Å². The Kier molecular flexibility index (Phi) is 2.65. The van der Waals surface area contributed by atoms with Crippen molar-refractivity contribution in [1.82, 2.24) is 0 Å². The predicted octanol–water partition coefficient (Wildman–Crippen LogP) is 0.758. The fourth-order valence-electron chi connectivity index (χ4n) is 0.353. The summed E-state index contributed by atoms with van der Waals surface area (Å²) in [5.74, 6) is 0. The SMILES string of the molecule is C#CS(=O)(=O)O[Si](C)(C)C. The number of hydrogen-bond acceptors (Lipinski definition) is 3. The normalized spacial score (nSPS) is 12.6. The smallest absolute Gasteiger partial charge is 0.306 e. The van der Waals surface area contributed by atoms with Gasteiger partial charge in [-0.25, -0.2) is 0 Å². The van der Waals surface area contributed by atoms with Crippen LogP contribution in [-0.2, 0) is 14.0 Å². The standard InChI is InChI=1S/C5H10O3SSi/c1-5-9(6,7)8-10(2,3)4/h1H,2-4H3. The Bertz CT molecular complexity index is 241. The summed E-state index contributed by atoms with van der Waals surface area (Å²) in [4.78, 5) is 0. The van der Waals surface area contributed by atoms with E-state index in [2.05, 4.69) is 10.3 Å². The van der Waals surface area contributed by atoms with E-state index in [0.717, 1.165) is 0 Å². The van der Waals surface area contributed by atoms with Crippen LogP contribution in [0, 0.1) is 11.7 Å². The lowest BCUT2D eigenvalue weighted by Crippen LogP contribution is -2.28. The molecular weight excluding hydrogens is 168 g/mol. The van der Waals surface area contributed by atoms with Gasteiger partial charge in [-0.2, -0.15) is 8.42 Å². The van der Waals surface area contributed by atoms with Crippen LogP contribution >= 0.6 is 0 Å². The van der Waals surface area contributed by atoms with Crippen LogP contribution in [0.2, 0.25) is 19.6 Å². The predicted molar refractivity (Wildman–Crippen MR) is 42.2 cm³/mol. The molecule has 0 atom stereocenters. The van der Waals surface area contributed by atoms with Gasteiger partial charge in [-0.1, -0.05) is 0 Å². The van der Waals surface area contributed by atoms with Crippen molar-refractivity contribution >= 4 is 18.4 Å². The number of hydrogen-bond donors (Lipinski definition) is 0. The average Bonchev–Trinajstić information content (AvgIpc) is 1.60. The first kappa shape index (κ1) is 9.69. The molecule has 0 aliphatic rings. The molecule has 0 fully saturated rings. The highest BCUT2D eigenvalue weighted by atomic mass is 32.2. The summed E-state index contributed by atoms with van der Waals surface area (Å²) in [6.07, 6.45) is 4.67. The first-order valence-electron chi connectivity index (χ1n) is 2.70. The second-order valence-corrected chi connectivity index (χ2v) is 8.80. The maximum Gasteiger partial charge on any atom is 0.327 e. The molecule has 0 unspecified atom stereocenters. The quantitative estimate of drug-likeness (QED) is 0.463. The lowest BCUT2D eigenvalue weighted by Gasteiger charge is -2.12. The van der Waals surface area contributed by atoms with Crippen molar-refractivity contribution in [1.29, 1.82) is 0 Å². The molecule has 0 aromatic carbocycles. The van der Waals surface area contributed by atoms with Crippen LogP contribution < -0.4 is 0 Å². The lowest BCUT2D eigenvalue weighted by atomic mass is 11.4. The van der Waals surface area contributed by atoms with E-state index in [1.165, 1.54) is 0 Å². The third-order valence-corrected chi connectivity index (χ3v) is 3.67. The van der Waals surface area contributed by atoms with Crippen molar-refractivity contribution in [3.8, 4) is 11.7 Å². The molecule has 0 spiro atoms. The molecule has 0 saturated heterocycles. The molecule has 0 amide bonds. The van der Waals surface area contributed by atoms with Crippen LogP contribution in [0.3, 0.4) is 0 Å². The Balaban J connectivity index is 4.37. The van der Waals surface area contributed by atoms with Gasteiger partial charge in [0.15, 0.2) is 0 Å². The summed E-state index contributed by atoms with van der Waals surface area (Å²) in [5.41, 5.74) is 0. The zero-order valence-electron chi connectivity index (χ0n) is 6.21. The molecule has 0 radical (unpaired) electrons. The highest BCUT2D eigenvalue weighted by molar-refractivity contribution is 7.92. The second-order valence-electron chi connectivity index (χ2n) is 2.77. The van der Waals surface area contributed by atoms with Crippen LogP contribution in [0.5, 0.6) is 0 Å². The molecule has 0 bridgehead atoms. The van der Waals surface area contributed by atoms with Crippen LogP contribution in [0.25, 0.3) is 0 Å². The summed E-state index contributed by atoms with van der Waals surface area (Å²) in [5, 5.41) is 1.58. The summed E-state index contributed by atoms with van der Waals surface area (Å²) < 4.78 is 25.8. The van der Waals surface area contributed by atoms with E-state index in [4.69, 9.17) is 0 Å². The molecule has 10 heavy (non-hydrogen) atoms. The lowest BCUT2D eigenvalue weighted by molar-refractivity contribution is 0.498. The monoisotopic (exact) mass is 178 g/mol. The first-order valence-corrected chi connectivity index (χ1v) is 7.51. The van der Waals surface area contributed by atoms with Crippen molar-refractivity contribution in [3.63, 3.8) is 0 Å². The third-order valence-electron chi connectivity index (χ3n) is 0.504. The zero-order chi connectivity index (χ0) is 8.41. The molecule has 0 aliphatic heterocycles. The minimum Gasteiger partial charge on any atom is -0.306 e.